The number of benzene rings is 1. The maximum atomic E-state index is 12.6. The molecule has 3 unspecified atom stereocenters. The molecule has 0 saturated heterocycles. The summed E-state index contributed by atoms with van der Waals surface area (Å²) in [7, 11) is 1.65. The van der Waals surface area contributed by atoms with Crippen LogP contribution in [0.15, 0.2) is 60.4 Å². The summed E-state index contributed by atoms with van der Waals surface area (Å²) in [5.41, 5.74) is 5.00. The van der Waals surface area contributed by atoms with Crippen molar-refractivity contribution in [2.45, 2.75) is 25.7 Å². The van der Waals surface area contributed by atoms with Crippen molar-refractivity contribution in [1.82, 2.24) is 15.0 Å². The van der Waals surface area contributed by atoms with Crippen molar-refractivity contribution in [2.24, 2.45) is 11.8 Å². The lowest BCUT2D eigenvalue weighted by atomic mass is 9.66. The molecular weight excluding hydrogens is 400 g/mol. The van der Waals surface area contributed by atoms with E-state index in [0.717, 1.165) is 46.7 Å². The number of hydrogen-bond donors (Lipinski definition) is 0. The molecule has 2 heterocycles. The fourth-order valence-corrected chi connectivity index (χ4v) is 4.89. The average Bonchev–Trinajstić information content (AvgIpc) is 2.85. The van der Waals surface area contributed by atoms with Gasteiger partial charge in [0.05, 0.1) is 24.1 Å². The number of ketones is 1. The molecule has 2 aliphatic carbocycles. The smallest absolute Gasteiger partial charge is 0.176 e. The zero-order chi connectivity index (χ0) is 22.2. The van der Waals surface area contributed by atoms with Crippen LogP contribution in [0.2, 0.25) is 0 Å². The van der Waals surface area contributed by atoms with Gasteiger partial charge in [0.2, 0.25) is 0 Å². The van der Waals surface area contributed by atoms with Gasteiger partial charge in [-0.15, -0.1) is 0 Å². The minimum Gasteiger partial charge on any atom is -0.497 e. The molecule has 3 atom stereocenters. The summed E-state index contributed by atoms with van der Waals surface area (Å²) in [5.74, 6) is 1.20. The molecule has 6 heteroatoms. The number of rotatable bonds is 3. The number of fused-ring (bicyclic) bond motifs is 3. The van der Waals surface area contributed by atoms with Crippen molar-refractivity contribution in [2.75, 3.05) is 7.11 Å². The molecule has 2 aromatic heterocycles. The third-order valence-corrected chi connectivity index (χ3v) is 6.63. The quantitative estimate of drug-likeness (QED) is 0.616. The van der Waals surface area contributed by atoms with Gasteiger partial charge in [-0.25, -0.2) is 9.97 Å². The Morgan fingerprint density at radius 1 is 1.06 bits per heavy atom. The number of aromatic nitrogens is 3. The minimum atomic E-state index is -0.198. The summed E-state index contributed by atoms with van der Waals surface area (Å²) < 4.78 is 5.32. The number of Topliss-reactive ketones (excluding diaryl/α,β-unsaturated/α-hetero) is 1. The molecule has 0 radical (unpaired) electrons. The fraction of sp³-hybridized carbons (Fsp3) is 0.269. The molecule has 0 spiro atoms. The van der Waals surface area contributed by atoms with E-state index in [2.05, 4.69) is 11.1 Å². The maximum Gasteiger partial charge on any atom is 0.176 e. The van der Waals surface area contributed by atoms with Gasteiger partial charge in [0.1, 0.15) is 11.8 Å². The Kier molecular flexibility index (Phi) is 5.02. The van der Waals surface area contributed by atoms with Crippen LogP contribution in [0.25, 0.3) is 22.6 Å². The minimum absolute atomic E-state index is 0.0593. The van der Waals surface area contributed by atoms with Gasteiger partial charge in [-0.2, -0.15) is 5.26 Å². The second-order valence-corrected chi connectivity index (χ2v) is 8.30. The van der Waals surface area contributed by atoms with Crippen LogP contribution in [0.5, 0.6) is 5.75 Å². The first-order valence-corrected chi connectivity index (χ1v) is 10.7. The normalized spacial score (nSPS) is 21.7. The van der Waals surface area contributed by atoms with Crippen molar-refractivity contribution >= 4 is 5.78 Å². The topological polar surface area (TPSA) is 88.8 Å². The monoisotopic (exact) mass is 422 g/mol. The maximum absolute atomic E-state index is 12.6. The van der Waals surface area contributed by atoms with Crippen LogP contribution < -0.4 is 4.74 Å². The van der Waals surface area contributed by atoms with Gasteiger partial charge in [-0.05, 0) is 55.2 Å². The van der Waals surface area contributed by atoms with Gasteiger partial charge < -0.3 is 4.74 Å². The summed E-state index contributed by atoms with van der Waals surface area (Å²) in [4.78, 5) is 26.7. The molecule has 2 aliphatic rings. The Morgan fingerprint density at radius 2 is 1.81 bits per heavy atom. The molecule has 6 nitrogen and oxygen atoms in total. The number of carbonyl (C=O) groups is 1. The average molecular weight is 422 g/mol. The molecular formula is C26H22N4O2. The molecule has 32 heavy (non-hydrogen) atoms. The summed E-state index contributed by atoms with van der Waals surface area (Å²) in [6.07, 6.45) is 6.93. The first-order chi connectivity index (χ1) is 15.6. The highest BCUT2D eigenvalue weighted by molar-refractivity contribution is 6.01. The molecule has 0 fully saturated rings. The van der Waals surface area contributed by atoms with Crippen LogP contribution in [0.3, 0.4) is 0 Å². The number of hydrogen-bond acceptors (Lipinski definition) is 6. The first kappa shape index (κ1) is 20.1. The number of nitriles is 1. The number of allylic oxidation sites excluding steroid dienone is 2. The van der Waals surface area contributed by atoms with Crippen LogP contribution in [0, 0.1) is 23.2 Å². The van der Waals surface area contributed by atoms with Gasteiger partial charge >= 0.3 is 0 Å². The Morgan fingerprint density at radius 3 is 2.50 bits per heavy atom. The van der Waals surface area contributed by atoms with E-state index in [1.54, 1.807) is 19.5 Å². The Bertz CT molecular complexity index is 1260. The second-order valence-electron chi connectivity index (χ2n) is 8.30. The standard InChI is InChI=1S/C26H22N4O2/c1-15-20-7-8-21-23(16-3-5-19(32-2)6-4-16)29-26(17-9-11-28-12-10-17)30-24(21)22(20)13-18(14-27)25(15)31/h3-6,9-13,15,20,22H,7-8H2,1-2H3. The SMILES string of the molecule is COc1ccc(-c2nc(-c3ccncc3)nc3c2CCC2C(C)C(=O)C(C#N)=CC32)cc1. The van der Waals surface area contributed by atoms with E-state index in [9.17, 15) is 10.1 Å². The molecule has 0 saturated carbocycles. The highest BCUT2D eigenvalue weighted by Crippen LogP contribution is 2.47. The molecule has 0 bridgehead atoms. The Hall–Kier alpha value is -3.85. The molecule has 158 valence electrons. The number of carbonyl (C=O) groups excluding carboxylic acids is 1. The Labute approximate surface area is 186 Å². The number of nitrogens with zero attached hydrogens (tertiary/aromatic N) is 4. The van der Waals surface area contributed by atoms with Crippen molar-refractivity contribution < 1.29 is 9.53 Å². The lowest BCUT2D eigenvalue weighted by molar-refractivity contribution is -0.120. The van der Waals surface area contributed by atoms with Crippen LogP contribution in [-0.4, -0.2) is 27.8 Å². The first-order valence-electron chi connectivity index (χ1n) is 10.7. The van der Waals surface area contributed by atoms with Gasteiger partial charge in [-0.1, -0.05) is 13.0 Å². The van der Waals surface area contributed by atoms with E-state index in [1.165, 1.54) is 0 Å². The van der Waals surface area contributed by atoms with E-state index in [0.29, 0.717) is 5.82 Å². The van der Waals surface area contributed by atoms with E-state index in [4.69, 9.17) is 14.7 Å². The molecule has 5 rings (SSSR count). The molecule has 0 amide bonds. The fourth-order valence-electron chi connectivity index (χ4n) is 4.89. The third kappa shape index (κ3) is 3.27. The highest BCUT2D eigenvalue weighted by atomic mass is 16.5. The highest BCUT2D eigenvalue weighted by Gasteiger charge is 2.42. The van der Waals surface area contributed by atoms with E-state index in [1.807, 2.05) is 49.4 Å². The zero-order valence-electron chi connectivity index (χ0n) is 17.9. The van der Waals surface area contributed by atoms with Gasteiger partial charge in [0, 0.05) is 40.9 Å². The largest absolute Gasteiger partial charge is 0.497 e. The number of ether oxygens (including phenoxy) is 1. The van der Waals surface area contributed by atoms with Crippen LogP contribution in [-0.2, 0) is 11.2 Å². The lowest BCUT2D eigenvalue weighted by Crippen LogP contribution is -2.35. The van der Waals surface area contributed by atoms with Crippen molar-refractivity contribution in [3.63, 3.8) is 0 Å². The summed E-state index contributed by atoms with van der Waals surface area (Å²) >= 11 is 0. The number of methoxy groups -OCH3 is 1. The summed E-state index contributed by atoms with van der Waals surface area (Å²) in [5, 5.41) is 9.54. The van der Waals surface area contributed by atoms with Crippen molar-refractivity contribution in [3.8, 4) is 34.5 Å². The van der Waals surface area contributed by atoms with Gasteiger partial charge in [0.25, 0.3) is 0 Å². The van der Waals surface area contributed by atoms with Crippen LogP contribution >= 0.6 is 0 Å². The molecule has 0 N–H and O–H groups in total. The van der Waals surface area contributed by atoms with Gasteiger partial charge in [0.15, 0.2) is 11.6 Å². The summed E-state index contributed by atoms with van der Waals surface area (Å²) in [6, 6.07) is 13.8. The van der Waals surface area contributed by atoms with E-state index < -0.39 is 0 Å². The van der Waals surface area contributed by atoms with Crippen molar-refractivity contribution in [3.05, 3.63) is 71.7 Å². The van der Waals surface area contributed by atoms with E-state index >= 15 is 0 Å². The Balaban J connectivity index is 1.74. The van der Waals surface area contributed by atoms with Gasteiger partial charge in [-0.3, -0.25) is 9.78 Å². The van der Waals surface area contributed by atoms with E-state index in [-0.39, 0.29) is 29.1 Å². The summed E-state index contributed by atoms with van der Waals surface area (Å²) in [6.45, 7) is 1.94. The lowest BCUT2D eigenvalue weighted by Gasteiger charge is -2.38. The van der Waals surface area contributed by atoms with Crippen molar-refractivity contribution in [1.29, 1.82) is 5.26 Å². The molecule has 0 aliphatic heterocycles. The van der Waals surface area contributed by atoms with Crippen LogP contribution in [0.1, 0.15) is 30.5 Å². The third-order valence-electron chi connectivity index (χ3n) is 6.63. The second kappa shape index (κ2) is 8.01. The predicted octanol–water partition coefficient (Wildman–Crippen LogP) is 4.53. The van der Waals surface area contributed by atoms with Crippen LogP contribution in [0.4, 0.5) is 0 Å². The number of pyridine rings is 1. The molecule has 1 aromatic carbocycles. The zero-order valence-corrected chi connectivity index (χ0v) is 17.9. The predicted molar refractivity (Wildman–Crippen MR) is 120 cm³/mol. The molecule has 3 aromatic rings.